The van der Waals surface area contributed by atoms with E-state index in [2.05, 4.69) is 130 Å². The van der Waals surface area contributed by atoms with Gasteiger partial charge in [-0.25, -0.2) is 0 Å². The number of hydrogen-bond donors (Lipinski definition) is 0. The van der Waals surface area contributed by atoms with E-state index in [1.165, 1.54) is 11.7 Å². The van der Waals surface area contributed by atoms with Crippen LogP contribution in [0.1, 0.15) is 41.0 Å². The average molecular weight is 454 g/mol. The molecule has 3 rings (SSSR count). The minimum absolute atomic E-state index is 0.0410. The first-order chi connectivity index (χ1) is 14.1. The summed E-state index contributed by atoms with van der Waals surface area (Å²) in [7, 11) is -0.786. The molecule has 0 unspecified atom stereocenters. The van der Waals surface area contributed by atoms with Gasteiger partial charge in [0.05, 0.1) is 0 Å². The predicted molar refractivity (Wildman–Crippen MR) is 133 cm³/mol. The molecule has 0 saturated carbocycles. The van der Waals surface area contributed by atoms with Gasteiger partial charge in [-0.05, 0) is 0 Å². The number of rotatable bonds is 7. The third-order valence-electron chi connectivity index (χ3n) is 6.33. The first-order valence-corrected chi connectivity index (χ1v) is 17.5. The van der Waals surface area contributed by atoms with Crippen molar-refractivity contribution in [3.8, 4) is 0 Å². The van der Waals surface area contributed by atoms with E-state index in [1.807, 2.05) is 0 Å². The Hall–Kier alpha value is -1.35. The van der Waals surface area contributed by atoms with Crippen LogP contribution in [0, 0.1) is 0 Å². The third kappa shape index (κ3) is 4.33. The van der Waals surface area contributed by atoms with Crippen molar-refractivity contribution in [2.45, 2.75) is 69.4 Å². The van der Waals surface area contributed by atoms with E-state index < -0.39 is 25.6 Å². The molecule has 2 aromatic carbocycles. The molecule has 1 nitrogen and oxygen atoms in total. The normalized spacial score (nSPS) is 14.9. The summed E-state index contributed by atoms with van der Waals surface area (Å²) in [5, 5.41) is 0. The summed E-state index contributed by atoms with van der Waals surface area (Å²) in [5.74, 6) is 0. The Morgan fingerprint density at radius 3 is 1.70 bits per heavy atom. The van der Waals surface area contributed by atoms with Gasteiger partial charge in [0.2, 0.25) is 0 Å². The minimum atomic E-state index is -3.16. The van der Waals surface area contributed by atoms with Crippen LogP contribution in [0.25, 0.3) is 0 Å². The van der Waals surface area contributed by atoms with E-state index in [1.54, 1.807) is 7.74 Å². The Bertz CT molecular complexity index is 852. The standard InChI is InChI=1S/C9H14N.C6H15Si.2C6H5.Ti/c1-9(2,3)10-8-6-4-5-7-8;1-6(2)5-7(3)4;2*1-2-4-6-5-3-1;/h4-6H,7H2,1-3H3;7H,5H2,1-4H3;2*1-5H;/q-1;;;;+1. The molecule has 1 aliphatic carbocycles. The van der Waals surface area contributed by atoms with Gasteiger partial charge in [0.15, 0.2) is 0 Å². The molecule has 0 heterocycles. The molecular weight excluding hydrogens is 414 g/mol. The number of nitrogens with zero attached hydrogens (tertiary/aromatic N) is 1. The van der Waals surface area contributed by atoms with E-state index in [-0.39, 0.29) is 9.26 Å². The summed E-state index contributed by atoms with van der Waals surface area (Å²) in [6.07, 6.45) is 7.99. The van der Waals surface area contributed by atoms with Crippen LogP contribution in [0.15, 0.2) is 84.6 Å². The van der Waals surface area contributed by atoms with E-state index in [4.69, 9.17) is 0 Å². The molecule has 0 radical (unpaired) electrons. The fourth-order valence-electron chi connectivity index (χ4n) is 5.79. The van der Waals surface area contributed by atoms with Gasteiger partial charge in [0, 0.05) is 0 Å². The monoisotopic (exact) mass is 453 g/mol. The second kappa shape index (κ2) is 9.02. The van der Waals surface area contributed by atoms with Gasteiger partial charge in [-0.1, -0.05) is 0 Å². The van der Waals surface area contributed by atoms with Crippen molar-refractivity contribution in [1.29, 1.82) is 0 Å². The van der Waals surface area contributed by atoms with Gasteiger partial charge in [-0.3, -0.25) is 0 Å². The fourth-order valence-corrected chi connectivity index (χ4v) is 20.7. The molecule has 0 fully saturated rings. The van der Waals surface area contributed by atoms with Gasteiger partial charge in [0.1, 0.15) is 0 Å². The van der Waals surface area contributed by atoms with E-state index in [9.17, 15) is 0 Å². The fraction of sp³-hybridized carbons (Fsp3) is 0.407. The first kappa shape index (κ1) is 23.3. The van der Waals surface area contributed by atoms with Crippen molar-refractivity contribution in [2.75, 3.05) is 0 Å². The van der Waals surface area contributed by atoms with Crippen molar-refractivity contribution in [2.24, 2.45) is 0 Å². The molecule has 0 aromatic heterocycles. The van der Waals surface area contributed by atoms with E-state index in [0.717, 1.165) is 6.42 Å². The average Bonchev–Trinajstić information content (AvgIpc) is 3.19. The van der Waals surface area contributed by atoms with Crippen LogP contribution >= 0.6 is 0 Å². The molecule has 2 aromatic rings. The number of benzene rings is 2. The summed E-state index contributed by atoms with van der Waals surface area (Å²) in [6.45, 7) is 17.5. The molecule has 3 heteroatoms. The van der Waals surface area contributed by atoms with Crippen molar-refractivity contribution in [3.05, 3.63) is 84.6 Å². The van der Waals surface area contributed by atoms with Gasteiger partial charge < -0.3 is 0 Å². The van der Waals surface area contributed by atoms with Crippen LogP contribution < -0.4 is 7.74 Å². The molecular formula is C27H39NSiTi. The molecule has 30 heavy (non-hydrogen) atoms. The molecule has 0 bridgehead atoms. The SMILES string of the molecule is C[SiH](C)C[C](C)(C)[Ti]([c]1ccccc1)([c]1ccccc1)[N](C1=CC=CC1)C(C)(C)C. The third-order valence-corrected chi connectivity index (χ3v) is 18.4. The Balaban J connectivity index is 2.44. The molecule has 0 saturated heterocycles. The zero-order valence-corrected chi connectivity index (χ0v) is 22.7. The van der Waals surface area contributed by atoms with Crippen molar-refractivity contribution >= 4 is 16.5 Å². The number of allylic oxidation sites excluding steroid dienone is 3. The second-order valence-electron chi connectivity index (χ2n) is 10.7. The summed E-state index contributed by atoms with van der Waals surface area (Å²) in [4.78, 5) is 0. The second-order valence-corrected chi connectivity index (χ2v) is 20.8. The van der Waals surface area contributed by atoms with Crippen molar-refractivity contribution in [1.82, 2.24) is 3.38 Å². The van der Waals surface area contributed by atoms with Crippen LogP contribution in [0.4, 0.5) is 0 Å². The molecule has 0 N–H and O–H groups in total. The van der Waals surface area contributed by atoms with Gasteiger partial charge >= 0.3 is 191 Å². The van der Waals surface area contributed by atoms with Crippen molar-refractivity contribution in [3.63, 3.8) is 0 Å². The van der Waals surface area contributed by atoms with Crippen LogP contribution in [0.2, 0.25) is 22.9 Å². The zero-order valence-electron chi connectivity index (χ0n) is 19.9. The summed E-state index contributed by atoms with van der Waals surface area (Å²) in [5.41, 5.74) is 1.54. The van der Waals surface area contributed by atoms with E-state index >= 15 is 0 Å². The topological polar surface area (TPSA) is 3.24 Å². The first-order valence-electron chi connectivity index (χ1n) is 11.4. The molecule has 1 aliphatic rings. The van der Waals surface area contributed by atoms with Crippen LogP contribution in [0.3, 0.4) is 0 Å². The molecule has 0 spiro atoms. The maximum atomic E-state index is 2.94. The molecule has 160 valence electrons. The Labute approximate surface area is 190 Å². The van der Waals surface area contributed by atoms with Gasteiger partial charge in [-0.15, -0.1) is 0 Å². The van der Waals surface area contributed by atoms with Gasteiger partial charge in [0.25, 0.3) is 0 Å². The van der Waals surface area contributed by atoms with Crippen LogP contribution in [-0.4, -0.2) is 17.7 Å². The Morgan fingerprint density at radius 2 is 1.33 bits per heavy atom. The van der Waals surface area contributed by atoms with Crippen LogP contribution in [0.5, 0.6) is 0 Å². The summed E-state index contributed by atoms with van der Waals surface area (Å²) < 4.78 is 6.32. The molecule has 0 atom stereocenters. The number of hydrogen-bond acceptors (Lipinski definition) is 1. The Kier molecular flexibility index (Phi) is 7.01. The molecule has 0 amide bonds. The summed E-state index contributed by atoms with van der Waals surface area (Å²) >= 11 is -3.16. The zero-order chi connectivity index (χ0) is 22.0. The van der Waals surface area contributed by atoms with Crippen LogP contribution in [-0.2, 0) is 16.8 Å². The summed E-state index contributed by atoms with van der Waals surface area (Å²) in [6, 6.07) is 24.4. The van der Waals surface area contributed by atoms with E-state index in [0.29, 0.717) is 0 Å². The quantitative estimate of drug-likeness (QED) is 0.443. The van der Waals surface area contributed by atoms with Gasteiger partial charge in [-0.2, -0.15) is 0 Å². The molecule has 0 aliphatic heterocycles. The maximum absolute atomic E-state index is 3.16. The Morgan fingerprint density at radius 1 is 0.833 bits per heavy atom. The predicted octanol–water partition coefficient (Wildman–Crippen LogP) is 6.34. The van der Waals surface area contributed by atoms with Crippen molar-refractivity contribution < 1.29 is 16.8 Å².